The van der Waals surface area contributed by atoms with E-state index in [1.807, 2.05) is 0 Å². The van der Waals surface area contributed by atoms with E-state index in [0.29, 0.717) is 10.4 Å². The van der Waals surface area contributed by atoms with Crippen LogP contribution in [0.2, 0.25) is 0 Å². The number of nitrogens with zero attached hydrogens (tertiary/aromatic N) is 1. The minimum Gasteiger partial charge on any atom is -0.383 e. The molecule has 1 heterocycles. The number of hydrogen-bond donors (Lipinski definition) is 2. The van der Waals surface area contributed by atoms with Gasteiger partial charge in [0.2, 0.25) is 11.8 Å². The van der Waals surface area contributed by atoms with E-state index in [2.05, 4.69) is 10.6 Å². The highest BCUT2D eigenvalue weighted by Gasteiger charge is 2.33. The van der Waals surface area contributed by atoms with Crippen molar-refractivity contribution in [2.75, 3.05) is 26.8 Å². The van der Waals surface area contributed by atoms with Crippen LogP contribution in [0, 0.1) is 5.82 Å². The van der Waals surface area contributed by atoms with Crippen molar-refractivity contribution in [3.8, 4) is 0 Å². The topological polar surface area (TPSA) is 87.7 Å². The molecule has 0 spiro atoms. The molecule has 1 atom stereocenters. The van der Waals surface area contributed by atoms with Crippen molar-refractivity contribution in [3.05, 3.63) is 58.0 Å². The Bertz CT molecular complexity index is 914. The lowest BCUT2D eigenvalue weighted by molar-refractivity contribution is -0.141. The summed E-state index contributed by atoms with van der Waals surface area (Å²) in [6.07, 6.45) is 5.03. The first-order valence-corrected chi connectivity index (χ1v) is 12.0. The predicted molar refractivity (Wildman–Crippen MR) is 124 cm³/mol. The quantitative estimate of drug-likeness (QED) is 0.552. The summed E-state index contributed by atoms with van der Waals surface area (Å²) in [5.41, 5.74) is 0.499. The Hall–Kier alpha value is -2.78. The van der Waals surface area contributed by atoms with Gasteiger partial charge in [0, 0.05) is 19.7 Å². The summed E-state index contributed by atoms with van der Waals surface area (Å²) in [4.78, 5) is 40.8. The molecule has 0 unspecified atom stereocenters. The number of rotatable bonds is 10. The largest absolute Gasteiger partial charge is 0.383 e. The lowest BCUT2D eigenvalue weighted by Gasteiger charge is -2.33. The average Bonchev–Trinajstić information content (AvgIpc) is 3.36. The van der Waals surface area contributed by atoms with Crippen LogP contribution >= 0.6 is 11.3 Å². The number of thiophene rings is 1. The molecule has 3 amide bonds. The second-order valence-electron chi connectivity index (χ2n) is 8.04. The third-order valence-electron chi connectivity index (χ3n) is 5.70. The van der Waals surface area contributed by atoms with Gasteiger partial charge < -0.3 is 20.3 Å². The third-order valence-corrected chi connectivity index (χ3v) is 6.57. The van der Waals surface area contributed by atoms with Gasteiger partial charge in [-0.2, -0.15) is 0 Å². The maximum atomic E-state index is 13.6. The Morgan fingerprint density at radius 2 is 1.88 bits per heavy atom. The maximum absolute atomic E-state index is 13.6. The number of methoxy groups -OCH3 is 1. The van der Waals surface area contributed by atoms with E-state index in [1.54, 1.807) is 17.5 Å². The van der Waals surface area contributed by atoms with E-state index in [4.69, 9.17) is 4.74 Å². The second-order valence-corrected chi connectivity index (χ2v) is 8.99. The Balaban J connectivity index is 1.81. The molecule has 2 aromatic rings. The zero-order chi connectivity index (χ0) is 23.6. The van der Waals surface area contributed by atoms with Crippen LogP contribution in [-0.4, -0.2) is 55.5 Å². The normalized spacial score (nSPS) is 15.0. The van der Waals surface area contributed by atoms with Gasteiger partial charge in [-0.1, -0.05) is 37.5 Å². The minimum absolute atomic E-state index is 0.0482. The highest BCUT2D eigenvalue weighted by atomic mass is 32.1. The van der Waals surface area contributed by atoms with Crippen molar-refractivity contribution < 1.29 is 23.5 Å². The number of halogens is 1. The summed E-state index contributed by atoms with van der Waals surface area (Å²) >= 11 is 1.28. The molecule has 1 aromatic carbocycles. The number of carbonyl (C=O) groups is 3. The molecule has 1 fully saturated rings. The van der Waals surface area contributed by atoms with Gasteiger partial charge in [0.1, 0.15) is 11.9 Å². The Labute approximate surface area is 197 Å². The zero-order valence-electron chi connectivity index (χ0n) is 18.7. The average molecular weight is 476 g/mol. The fourth-order valence-electron chi connectivity index (χ4n) is 3.98. The van der Waals surface area contributed by atoms with E-state index in [-0.39, 0.29) is 37.6 Å². The molecule has 1 aliphatic carbocycles. The predicted octanol–water partition coefficient (Wildman–Crippen LogP) is 3.28. The van der Waals surface area contributed by atoms with Gasteiger partial charge in [-0.25, -0.2) is 4.39 Å². The van der Waals surface area contributed by atoms with Crippen LogP contribution in [0.5, 0.6) is 0 Å². The second kappa shape index (κ2) is 12.5. The molecule has 1 aromatic heterocycles. The van der Waals surface area contributed by atoms with E-state index in [9.17, 15) is 18.8 Å². The van der Waals surface area contributed by atoms with Gasteiger partial charge in [0.25, 0.3) is 5.91 Å². The van der Waals surface area contributed by atoms with Crippen LogP contribution in [0.1, 0.15) is 53.4 Å². The zero-order valence-corrected chi connectivity index (χ0v) is 19.5. The molecule has 0 bridgehead atoms. The monoisotopic (exact) mass is 475 g/mol. The highest BCUT2D eigenvalue weighted by Crippen LogP contribution is 2.24. The van der Waals surface area contributed by atoms with Gasteiger partial charge in [-0.3, -0.25) is 14.4 Å². The van der Waals surface area contributed by atoms with Crippen LogP contribution in [0.4, 0.5) is 4.39 Å². The molecular formula is C24H30FN3O4S. The van der Waals surface area contributed by atoms with Gasteiger partial charge >= 0.3 is 0 Å². The van der Waals surface area contributed by atoms with E-state index >= 15 is 0 Å². The van der Waals surface area contributed by atoms with Crippen LogP contribution in [0.3, 0.4) is 0 Å². The Morgan fingerprint density at radius 3 is 2.52 bits per heavy atom. The molecule has 0 aliphatic heterocycles. The van der Waals surface area contributed by atoms with Crippen LogP contribution < -0.4 is 10.6 Å². The number of ether oxygens (including phenoxy) is 1. The first kappa shape index (κ1) is 24.9. The Kier molecular flexibility index (Phi) is 9.38. The standard InChI is InChI=1S/C24H30FN3O4S/c1-32-14-13-28(21(29)16-26-23(30)20-8-5-15-33-20)22(17-9-11-18(25)12-10-17)24(31)27-19-6-3-2-4-7-19/h5,8-12,15,19,22H,2-4,6-7,13-14,16H2,1H3,(H,26,30)(H,27,31)/t22-/m0/s1. The van der Waals surface area contributed by atoms with Crippen molar-refractivity contribution in [1.29, 1.82) is 0 Å². The summed E-state index contributed by atoms with van der Waals surface area (Å²) in [6.45, 7) is 0.0815. The lowest BCUT2D eigenvalue weighted by Crippen LogP contribution is -2.50. The molecule has 2 N–H and O–H groups in total. The molecule has 1 saturated carbocycles. The number of carbonyl (C=O) groups excluding carboxylic acids is 3. The highest BCUT2D eigenvalue weighted by molar-refractivity contribution is 7.12. The summed E-state index contributed by atoms with van der Waals surface area (Å²) in [5.74, 6) is -1.52. The van der Waals surface area contributed by atoms with Crippen molar-refractivity contribution in [1.82, 2.24) is 15.5 Å². The first-order chi connectivity index (χ1) is 16.0. The number of hydrogen-bond acceptors (Lipinski definition) is 5. The molecule has 7 nitrogen and oxygen atoms in total. The van der Waals surface area contributed by atoms with E-state index in [1.165, 1.54) is 47.6 Å². The third kappa shape index (κ3) is 7.10. The van der Waals surface area contributed by atoms with Crippen LogP contribution in [-0.2, 0) is 14.3 Å². The van der Waals surface area contributed by atoms with Crippen LogP contribution in [0.25, 0.3) is 0 Å². The fourth-order valence-corrected chi connectivity index (χ4v) is 4.62. The van der Waals surface area contributed by atoms with Crippen molar-refractivity contribution in [2.45, 2.75) is 44.2 Å². The SMILES string of the molecule is COCCN(C(=O)CNC(=O)c1cccs1)[C@H](C(=O)NC1CCCCC1)c1ccc(F)cc1. The molecule has 3 rings (SSSR count). The molecule has 9 heteroatoms. The number of benzene rings is 1. The van der Waals surface area contributed by atoms with Crippen molar-refractivity contribution >= 4 is 29.1 Å². The molecule has 178 valence electrons. The maximum Gasteiger partial charge on any atom is 0.261 e. The van der Waals surface area contributed by atoms with Gasteiger partial charge in [-0.05, 0) is 42.0 Å². The Morgan fingerprint density at radius 1 is 1.15 bits per heavy atom. The minimum atomic E-state index is -0.964. The molecule has 1 aliphatic rings. The lowest BCUT2D eigenvalue weighted by atomic mass is 9.94. The van der Waals surface area contributed by atoms with Gasteiger partial charge in [0.15, 0.2) is 0 Å². The van der Waals surface area contributed by atoms with Crippen molar-refractivity contribution in [2.24, 2.45) is 0 Å². The molecule has 0 saturated heterocycles. The fraction of sp³-hybridized carbons (Fsp3) is 0.458. The van der Waals surface area contributed by atoms with E-state index < -0.39 is 17.8 Å². The summed E-state index contributed by atoms with van der Waals surface area (Å²) in [5, 5.41) is 7.48. The van der Waals surface area contributed by atoms with Gasteiger partial charge in [0.05, 0.1) is 18.0 Å². The first-order valence-electron chi connectivity index (χ1n) is 11.2. The summed E-state index contributed by atoms with van der Waals surface area (Å²) in [7, 11) is 1.51. The van der Waals surface area contributed by atoms with Gasteiger partial charge in [-0.15, -0.1) is 11.3 Å². The van der Waals surface area contributed by atoms with E-state index in [0.717, 1.165) is 32.1 Å². The van der Waals surface area contributed by atoms with Crippen molar-refractivity contribution in [3.63, 3.8) is 0 Å². The summed E-state index contributed by atoms with van der Waals surface area (Å²) in [6, 6.07) is 8.08. The molecule has 0 radical (unpaired) electrons. The number of amides is 3. The molecular weight excluding hydrogens is 445 g/mol. The number of nitrogens with one attached hydrogen (secondary N) is 2. The molecule has 33 heavy (non-hydrogen) atoms. The van der Waals surface area contributed by atoms with Crippen LogP contribution in [0.15, 0.2) is 41.8 Å². The smallest absolute Gasteiger partial charge is 0.261 e. The summed E-state index contributed by atoms with van der Waals surface area (Å²) < 4.78 is 18.8.